The Hall–Kier alpha value is -1.34. The maximum absolute atomic E-state index is 12.9. The molecule has 162 valence electrons. The molecule has 1 rings (SSSR count). The highest BCUT2D eigenvalue weighted by Gasteiger charge is 2.24. The highest BCUT2D eigenvalue weighted by molar-refractivity contribution is 9.10. The summed E-state index contributed by atoms with van der Waals surface area (Å²) in [6.07, 6.45) is 7.20. The molecule has 0 radical (unpaired) electrons. The zero-order valence-corrected chi connectivity index (χ0v) is 20.3. The second-order valence-electron chi connectivity index (χ2n) is 7.07. The SMILES string of the molecule is CCCCCCCCC(=O)SCC(=O)N(CC(=O)OC)c1c(C)ccc(Br)c1C. The van der Waals surface area contributed by atoms with Gasteiger partial charge in [0, 0.05) is 10.9 Å². The van der Waals surface area contributed by atoms with Crippen molar-refractivity contribution in [2.45, 2.75) is 65.7 Å². The monoisotopic (exact) mass is 485 g/mol. The van der Waals surface area contributed by atoms with Gasteiger partial charge in [-0.15, -0.1) is 0 Å². The number of esters is 1. The largest absolute Gasteiger partial charge is 0.468 e. The normalized spacial score (nSPS) is 10.7. The van der Waals surface area contributed by atoms with Crippen LogP contribution in [0.3, 0.4) is 0 Å². The van der Waals surface area contributed by atoms with Crippen LogP contribution in [0.1, 0.15) is 63.0 Å². The number of carbonyl (C=O) groups is 3. The number of carbonyl (C=O) groups excluding carboxylic acids is 3. The van der Waals surface area contributed by atoms with E-state index in [9.17, 15) is 14.4 Å². The van der Waals surface area contributed by atoms with Crippen molar-refractivity contribution in [1.29, 1.82) is 0 Å². The lowest BCUT2D eigenvalue weighted by Crippen LogP contribution is -2.38. The number of hydrogen-bond donors (Lipinski definition) is 0. The first-order chi connectivity index (χ1) is 13.8. The van der Waals surface area contributed by atoms with E-state index in [0.717, 1.165) is 46.6 Å². The first-order valence-electron chi connectivity index (χ1n) is 10.1. The summed E-state index contributed by atoms with van der Waals surface area (Å²) in [4.78, 5) is 38.4. The zero-order chi connectivity index (χ0) is 21.8. The van der Waals surface area contributed by atoms with Gasteiger partial charge in [0.25, 0.3) is 0 Å². The number of hydrogen-bond acceptors (Lipinski definition) is 5. The van der Waals surface area contributed by atoms with Crippen LogP contribution in [0.5, 0.6) is 0 Å². The molecule has 0 N–H and O–H groups in total. The van der Waals surface area contributed by atoms with Crippen LogP contribution in [0.2, 0.25) is 0 Å². The minimum Gasteiger partial charge on any atom is -0.468 e. The number of unbranched alkanes of at least 4 members (excludes halogenated alkanes) is 5. The first kappa shape index (κ1) is 25.7. The van der Waals surface area contributed by atoms with Crippen molar-refractivity contribution in [2.24, 2.45) is 0 Å². The predicted octanol–water partition coefficient (Wildman–Crippen LogP) is 5.58. The summed E-state index contributed by atoms with van der Waals surface area (Å²) in [6.45, 7) is 5.78. The Labute approximate surface area is 187 Å². The van der Waals surface area contributed by atoms with E-state index in [-0.39, 0.29) is 23.3 Å². The minimum absolute atomic E-state index is 0.0110. The molecule has 0 aromatic heterocycles. The maximum atomic E-state index is 12.9. The third-order valence-electron chi connectivity index (χ3n) is 4.74. The van der Waals surface area contributed by atoms with E-state index in [4.69, 9.17) is 4.74 Å². The second-order valence-corrected chi connectivity index (χ2v) is 8.96. The molecule has 1 aromatic carbocycles. The van der Waals surface area contributed by atoms with E-state index in [0.29, 0.717) is 12.1 Å². The molecule has 0 fully saturated rings. The molecular formula is C22H32BrNO4S. The van der Waals surface area contributed by atoms with Crippen LogP contribution in [-0.2, 0) is 19.1 Å². The molecule has 5 nitrogen and oxygen atoms in total. The van der Waals surface area contributed by atoms with Gasteiger partial charge in [0.05, 0.1) is 18.6 Å². The van der Waals surface area contributed by atoms with Crippen molar-refractivity contribution in [1.82, 2.24) is 0 Å². The van der Waals surface area contributed by atoms with Crippen LogP contribution in [-0.4, -0.2) is 36.4 Å². The average Bonchev–Trinajstić information content (AvgIpc) is 2.70. The number of thioether (sulfide) groups is 1. The van der Waals surface area contributed by atoms with Gasteiger partial charge in [-0.3, -0.25) is 19.3 Å². The molecule has 0 spiro atoms. The van der Waals surface area contributed by atoms with E-state index in [1.807, 2.05) is 26.0 Å². The lowest BCUT2D eigenvalue weighted by atomic mass is 10.1. The van der Waals surface area contributed by atoms with Gasteiger partial charge in [-0.1, -0.05) is 72.8 Å². The molecule has 29 heavy (non-hydrogen) atoms. The topological polar surface area (TPSA) is 63.7 Å². The standard InChI is InChI=1S/C22H32BrNO4S/c1-5-6-7-8-9-10-11-21(27)29-15-19(25)24(14-20(26)28-4)22-16(2)12-13-18(23)17(22)3/h12-13H,5-11,14-15H2,1-4H3. The number of benzene rings is 1. The molecule has 0 heterocycles. The van der Waals surface area contributed by atoms with E-state index in [1.165, 1.54) is 31.3 Å². The van der Waals surface area contributed by atoms with Crippen molar-refractivity contribution in [2.75, 3.05) is 24.3 Å². The summed E-state index contributed by atoms with van der Waals surface area (Å²) in [7, 11) is 1.30. The van der Waals surface area contributed by atoms with Crippen LogP contribution < -0.4 is 4.90 Å². The van der Waals surface area contributed by atoms with Crippen molar-refractivity contribution < 1.29 is 19.1 Å². The van der Waals surface area contributed by atoms with E-state index >= 15 is 0 Å². The van der Waals surface area contributed by atoms with Crippen LogP contribution in [0.15, 0.2) is 16.6 Å². The highest BCUT2D eigenvalue weighted by Crippen LogP contribution is 2.31. The van der Waals surface area contributed by atoms with E-state index in [1.54, 1.807) is 0 Å². The number of methoxy groups -OCH3 is 1. The van der Waals surface area contributed by atoms with Gasteiger partial charge in [0.1, 0.15) is 6.54 Å². The third-order valence-corrected chi connectivity index (χ3v) is 6.52. The molecule has 1 amide bonds. The van der Waals surface area contributed by atoms with Gasteiger partial charge >= 0.3 is 5.97 Å². The summed E-state index contributed by atoms with van der Waals surface area (Å²) in [6, 6.07) is 3.80. The number of halogens is 1. The fourth-order valence-electron chi connectivity index (χ4n) is 3.05. The Balaban J connectivity index is 2.71. The van der Waals surface area contributed by atoms with Gasteiger partial charge in [-0.2, -0.15) is 0 Å². The van der Waals surface area contributed by atoms with Gasteiger partial charge in [-0.05, 0) is 37.5 Å². The summed E-state index contributed by atoms with van der Waals surface area (Å²) < 4.78 is 5.62. The molecule has 7 heteroatoms. The van der Waals surface area contributed by atoms with Crippen molar-refractivity contribution in [3.8, 4) is 0 Å². The van der Waals surface area contributed by atoms with Crippen LogP contribution in [0, 0.1) is 13.8 Å². The summed E-state index contributed by atoms with van der Waals surface area (Å²) in [5, 5.41) is 0.0227. The number of amides is 1. The van der Waals surface area contributed by atoms with Gasteiger partial charge in [0.15, 0.2) is 5.12 Å². The molecule has 1 aromatic rings. The zero-order valence-electron chi connectivity index (χ0n) is 17.9. The number of rotatable bonds is 12. The van der Waals surface area contributed by atoms with Gasteiger partial charge in [0.2, 0.25) is 5.91 Å². The molecule has 0 bridgehead atoms. The number of nitrogens with zero attached hydrogens (tertiary/aromatic N) is 1. The molecule has 0 aliphatic heterocycles. The smallest absolute Gasteiger partial charge is 0.325 e. The Morgan fingerprint density at radius 3 is 2.38 bits per heavy atom. The number of ether oxygens (including phenoxy) is 1. The molecule has 0 aliphatic rings. The molecular weight excluding hydrogens is 454 g/mol. The van der Waals surface area contributed by atoms with E-state index in [2.05, 4.69) is 22.9 Å². The Bertz CT molecular complexity index is 708. The van der Waals surface area contributed by atoms with Gasteiger partial charge in [-0.25, -0.2) is 0 Å². The number of aryl methyl sites for hydroxylation is 1. The fourth-order valence-corrected chi connectivity index (χ4v) is 4.10. The Morgan fingerprint density at radius 1 is 1.07 bits per heavy atom. The third kappa shape index (κ3) is 8.91. The summed E-state index contributed by atoms with van der Waals surface area (Å²) in [5.41, 5.74) is 2.43. The lowest BCUT2D eigenvalue weighted by molar-refractivity contribution is -0.139. The molecule has 0 aliphatic carbocycles. The fraction of sp³-hybridized carbons (Fsp3) is 0.591. The average molecular weight is 486 g/mol. The minimum atomic E-state index is -0.500. The first-order valence-corrected chi connectivity index (χ1v) is 11.9. The molecule has 0 saturated heterocycles. The Morgan fingerprint density at radius 2 is 1.72 bits per heavy atom. The van der Waals surface area contributed by atoms with Crippen LogP contribution >= 0.6 is 27.7 Å². The molecule has 0 atom stereocenters. The predicted molar refractivity (Wildman–Crippen MR) is 123 cm³/mol. The van der Waals surface area contributed by atoms with Crippen molar-refractivity contribution >= 4 is 50.4 Å². The second kappa shape index (κ2) is 13.8. The molecule has 0 unspecified atom stereocenters. The lowest BCUT2D eigenvalue weighted by Gasteiger charge is -2.25. The van der Waals surface area contributed by atoms with Crippen LogP contribution in [0.4, 0.5) is 5.69 Å². The van der Waals surface area contributed by atoms with E-state index < -0.39 is 5.97 Å². The highest BCUT2D eigenvalue weighted by atomic mass is 79.9. The maximum Gasteiger partial charge on any atom is 0.325 e. The van der Waals surface area contributed by atoms with Crippen molar-refractivity contribution in [3.63, 3.8) is 0 Å². The summed E-state index contributed by atoms with van der Waals surface area (Å²) >= 11 is 4.51. The number of anilines is 1. The Kier molecular flexibility index (Phi) is 12.2. The van der Waals surface area contributed by atoms with Crippen LogP contribution in [0.25, 0.3) is 0 Å². The summed E-state index contributed by atoms with van der Waals surface area (Å²) in [5.74, 6) is -0.765. The quantitative estimate of drug-likeness (QED) is 0.285. The van der Waals surface area contributed by atoms with Gasteiger partial charge < -0.3 is 4.74 Å². The molecule has 0 saturated carbocycles. The van der Waals surface area contributed by atoms with Crippen molar-refractivity contribution in [3.05, 3.63) is 27.7 Å².